The van der Waals surface area contributed by atoms with E-state index in [1.165, 1.54) is 6.07 Å². The zero-order valence-electron chi connectivity index (χ0n) is 9.44. The second-order valence-corrected chi connectivity index (χ2v) is 4.07. The molecule has 0 unspecified atom stereocenters. The number of para-hydroxylation sites is 1. The molecule has 3 nitrogen and oxygen atoms in total. The molecular formula is C14H10FNO2. The van der Waals surface area contributed by atoms with Crippen molar-refractivity contribution in [3.05, 3.63) is 47.5 Å². The maximum Gasteiger partial charge on any atom is 0.249 e. The highest BCUT2D eigenvalue weighted by Crippen LogP contribution is 2.33. The SMILES string of the molecule is NC(=O)c1c(CF)ccc2oc3ccccc3c12. The van der Waals surface area contributed by atoms with Crippen LogP contribution in [-0.2, 0) is 6.67 Å². The van der Waals surface area contributed by atoms with E-state index >= 15 is 0 Å². The smallest absolute Gasteiger partial charge is 0.249 e. The van der Waals surface area contributed by atoms with Gasteiger partial charge in [-0.25, -0.2) is 4.39 Å². The van der Waals surface area contributed by atoms with E-state index in [0.717, 1.165) is 5.39 Å². The summed E-state index contributed by atoms with van der Waals surface area (Å²) in [4.78, 5) is 11.6. The summed E-state index contributed by atoms with van der Waals surface area (Å²) in [7, 11) is 0. The lowest BCUT2D eigenvalue weighted by atomic mass is 10.0. The lowest BCUT2D eigenvalue weighted by Crippen LogP contribution is -2.13. The molecule has 4 heteroatoms. The van der Waals surface area contributed by atoms with Gasteiger partial charge in [-0.15, -0.1) is 0 Å². The first-order valence-corrected chi connectivity index (χ1v) is 5.51. The molecule has 90 valence electrons. The third-order valence-electron chi connectivity index (χ3n) is 3.02. The van der Waals surface area contributed by atoms with Crippen molar-refractivity contribution in [1.82, 2.24) is 0 Å². The molecule has 0 spiro atoms. The largest absolute Gasteiger partial charge is 0.456 e. The van der Waals surface area contributed by atoms with Gasteiger partial charge >= 0.3 is 0 Å². The van der Waals surface area contributed by atoms with Crippen LogP contribution in [0.15, 0.2) is 40.8 Å². The number of carbonyl (C=O) groups excluding carboxylic acids is 1. The second-order valence-electron chi connectivity index (χ2n) is 4.07. The topological polar surface area (TPSA) is 56.2 Å². The van der Waals surface area contributed by atoms with Crippen LogP contribution in [0.2, 0.25) is 0 Å². The van der Waals surface area contributed by atoms with Gasteiger partial charge in [0, 0.05) is 10.8 Å². The minimum atomic E-state index is -0.728. The number of primary amides is 1. The molecule has 0 fully saturated rings. The highest BCUT2D eigenvalue weighted by atomic mass is 19.1. The maximum atomic E-state index is 12.9. The van der Waals surface area contributed by atoms with Crippen molar-refractivity contribution >= 4 is 27.8 Å². The molecule has 1 amide bonds. The van der Waals surface area contributed by atoms with Crippen molar-refractivity contribution in [2.75, 3.05) is 0 Å². The van der Waals surface area contributed by atoms with E-state index in [1.807, 2.05) is 18.2 Å². The molecule has 0 aliphatic rings. The van der Waals surface area contributed by atoms with Gasteiger partial charge in [0.25, 0.3) is 0 Å². The molecule has 2 N–H and O–H groups in total. The highest BCUT2D eigenvalue weighted by molar-refractivity contribution is 6.16. The Hall–Kier alpha value is -2.36. The number of alkyl halides is 1. The number of benzene rings is 2. The minimum absolute atomic E-state index is 0.208. The first-order chi connectivity index (χ1) is 8.72. The molecule has 0 atom stereocenters. The number of hydrogen-bond acceptors (Lipinski definition) is 2. The van der Waals surface area contributed by atoms with Gasteiger partial charge in [0.15, 0.2) is 0 Å². The van der Waals surface area contributed by atoms with Crippen molar-refractivity contribution in [2.24, 2.45) is 5.73 Å². The molecule has 0 saturated carbocycles. The predicted octanol–water partition coefficient (Wildman–Crippen LogP) is 3.15. The number of carbonyl (C=O) groups is 1. The van der Waals surface area contributed by atoms with Crippen molar-refractivity contribution in [3.8, 4) is 0 Å². The standard InChI is InChI=1S/C14H10FNO2/c15-7-8-5-6-11-13(12(8)14(16)17)9-3-1-2-4-10(9)18-11/h1-6H,7H2,(H2,16,17). The third-order valence-corrected chi connectivity index (χ3v) is 3.02. The van der Waals surface area contributed by atoms with Gasteiger partial charge in [-0.2, -0.15) is 0 Å². The van der Waals surface area contributed by atoms with Gasteiger partial charge in [0.1, 0.15) is 17.8 Å². The van der Waals surface area contributed by atoms with Crippen LogP contribution >= 0.6 is 0 Å². The van der Waals surface area contributed by atoms with Crippen LogP contribution in [0.5, 0.6) is 0 Å². The molecule has 0 aliphatic heterocycles. The number of hydrogen-bond donors (Lipinski definition) is 1. The fourth-order valence-corrected chi connectivity index (χ4v) is 2.25. The fraction of sp³-hybridized carbons (Fsp3) is 0.0714. The van der Waals surface area contributed by atoms with Gasteiger partial charge in [-0.3, -0.25) is 4.79 Å². The summed E-state index contributed by atoms with van der Waals surface area (Å²) in [5, 5.41) is 1.37. The molecular weight excluding hydrogens is 233 g/mol. The van der Waals surface area contributed by atoms with Crippen LogP contribution < -0.4 is 5.73 Å². The Balaban J connectivity index is 2.55. The molecule has 18 heavy (non-hydrogen) atoms. The van der Waals surface area contributed by atoms with E-state index < -0.39 is 12.6 Å². The van der Waals surface area contributed by atoms with Gasteiger partial charge < -0.3 is 10.2 Å². The monoisotopic (exact) mass is 243 g/mol. The Bertz CT molecular complexity index is 761. The van der Waals surface area contributed by atoms with E-state index in [4.69, 9.17) is 10.2 Å². The molecule has 0 saturated heterocycles. The number of furan rings is 1. The molecule has 0 bridgehead atoms. The van der Waals surface area contributed by atoms with E-state index in [0.29, 0.717) is 22.1 Å². The number of amides is 1. The molecule has 2 aromatic carbocycles. The summed E-state index contributed by atoms with van der Waals surface area (Å²) in [6.45, 7) is -0.728. The quantitative estimate of drug-likeness (QED) is 0.751. The molecule has 1 heterocycles. The number of nitrogens with two attached hydrogens (primary N) is 1. The molecule has 1 aromatic heterocycles. The number of halogens is 1. The molecule has 0 radical (unpaired) electrons. The fourth-order valence-electron chi connectivity index (χ4n) is 2.25. The maximum absolute atomic E-state index is 12.9. The Labute approximate surface area is 102 Å². The summed E-state index contributed by atoms with van der Waals surface area (Å²) >= 11 is 0. The third kappa shape index (κ3) is 1.39. The Morgan fingerprint density at radius 3 is 2.67 bits per heavy atom. The summed E-state index contributed by atoms with van der Waals surface area (Å²) in [5.74, 6) is -0.639. The van der Waals surface area contributed by atoms with Gasteiger partial charge in [0.2, 0.25) is 5.91 Å². The van der Waals surface area contributed by atoms with Gasteiger partial charge in [-0.05, 0) is 17.7 Å². The lowest BCUT2D eigenvalue weighted by molar-refractivity contribution is 0.100. The van der Waals surface area contributed by atoms with Gasteiger partial charge in [0.05, 0.1) is 5.56 Å². The van der Waals surface area contributed by atoms with Crippen LogP contribution in [0.1, 0.15) is 15.9 Å². The van der Waals surface area contributed by atoms with Crippen molar-refractivity contribution in [3.63, 3.8) is 0 Å². The van der Waals surface area contributed by atoms with Crippen LogP contribution in [0.4, 0.5) is 4.39 Å². The van der Waals surface area contributed by atoms with Crippen LogP contribution in [0.3, 0.4) is 0 Å². The molecule has 3 rings (SSSR count). The van der Waals surface area contributed by atoms with Crippen molar-refractivity contribution in [2.45, 2.75) is 6.67 Å². The van der Waals surface area contributed by atoms with Crippen molar-refractivity contribution in [1.29, 1.82) is 0 Å². The first-order valence-electron chi connectivity index (χ1n) is 5.51. The van der Waals surface area contributed by atoms with E-state index in [2.05, 4.69) is 0 Å². The van der Waals surface area contributed by atoms with E-state index in [9.17, 15) is 9.18 Å². The lowest BCUT2D eigenvalue weighted by Gasteiger charge is -2.03. The van der Waals surface area contributed by atoms with E-state index in [1.54, 1.807) is 12.1 Å². The Kier molecular flexibility index (Phi) is 2.30. The Morgan fingerprint density at radius 1 is 1.17 bits per heavy atom. The van der Waals surface area contributed by atoms with Gasteiger partial charge in [-0.1, -0.05) is 24.3 Å². The van der Waals surface area contributed by atoms with Crippen molar-refractivity contribution < 1.29 is 13.6 Å². The average Bonchev–Trinajstić information content (AvgIpc) is 2.75. The molecule has 3 aromatic rings. The molecule has 0 aliphatic carbocycles. The minimum Gasteiger partial charge on any atom is -0.456 e. The zero-order chi connectivity index (χ0) is 12.7. The van der Waals surface area contributed by atoms with Crippen LogP contribution in [0, 0.1) is 0 Å². The summed E-state index contributed by atoms with van der Waals surface area (Å²) in [5.41, 5.74) is 7.06. The van der Waals surface area contributed by atoms with Crippen LogP contribution in [0.25, 0.3) is 21.9 Å². The summed E-state index contributed by atoms with van der Waals surface area (Å²) < 4.78 is 18.6. The average molecular weight is 243 g/mol. The number of fused-ring (bicyclic) bond motifs is 3. The Morgan fingerprint density at radius 2 is 1.94 bits per heavy atom. The van der Waals surface area contributed by atoms with Crippen LogP contribution in [-0.4, -0.2) is 5.91 Å². The summed E-state index contributed by atoms with van der Waals surface area (Å²) in [6.07, 6.45) is 0. The highest BCUT2D eigenvalue weighted by Gasteiger charge is 2.17. The second kappa shape index (κ2) is 3.84. The van der Waals surface area contributed by atoms with E-state index in [-0.39, 0.29) is 5.56 Å². The zero-order valence-corrected chi connectivity index (χ0v) is 9.44. The number of rotatable bonds is 2. The first kappa shape index (κ1) is 10.8. The normalized spacial score (nSPS) is 11.2. The predicted molar refractivity (Wildman–Crippen MR) is 67.0 cm³/mol. The summed E-state index contributed by atoms with van der Waals surface area (Å²) in [6, 6.07) is 10.5.